The number of methoxy groups -OCH3 is 1. The molecule has 2 aliphatic heterocycles. The SMILES string of the molecule is COc1cc(C(=O)NCC(O)(c2cc3c(c(-c4ccc(F)cc4)n2)OCC3(C)N)C(F)(F)F)cc2c1OC(=O)NC2. The molecule has 3 heterocycles. The summed E-state index contributed by atoms with van der Waals surface area (Å²) >= 11 is 0. The van der Waals surface area contributed by atoms with Gasteiger partial charge in [0.05, 0.1) is 24.9 Å². The van der Waals surface area contributed by atoms with Crippen molar-refractivity contribution in [1.29, 1.82) is 0 Å². The number of aromatic nitrogens is 1. The van der Waals surface area contributed by atoms with Crippen LogP contribution in [0.15, 0.2) is 42.5 Å². The number of alkyl halides is 3. The molecule has 0 aliphatic carbocycles. The number of nitrogens with two attached hydrogens (primary N) is 1. The molecule has 0 radical (unpaired) electrons. The number of pyridine rings is 1. The lowest BCUT2D eigenvalue weighted by Crippen LogP contribution is -2.51. The van der Waals surface area contributed by atoms with Gasteiger partial charge in [-0.2, -0.15) is 13.2 Å². The van der Waals surface area contributed by atoms with Gasteiger partial charge in [0, 0.05) is 28.8 Å². The van der Waals surface area contributed by atoms with Crippen LogP contribution >= 0.6 is 0 Å². The van der Waals surface area contributed by atoms with Crippen molar-refractivity contribution in [3.8, 4) is 28.5 Å². The number of hydrogen-bond donors (Lipinski definition) is 4. The minimum Gasteiger partial charge on any atom is -0.493 e. The largest absolute Gasteiger partial charge is 0.493 e. The van der Waals surface area contributed by atoms with E-state index in [0.29, 0.717) is 5.56 Å². The maximum atomic E-state index is 14.5. The fourth-order valence-electron chi connectivity index (χ4n) is 4.55. The second-order valence-electron chi connectivity index (χ2n) is 9.90. The second kappa shape index (κ2) is 9.89. The molecule has 216 valence electrons. The normalized spacial score (nSPS) is 19.2. The lowest BCUT2D eigenvalue weighted by atomic mass is 9.89. The van der Waals surface area contributed by atoms with E-state index >= 15 is 0 Å². The molecule has 2 unspecified atom stereocenters. The minimum atomic E-state index is -5.31. The van der Waals surface area contributed by atoms with Crippen molar-refractivity contribution >= 4 is 12.0 Å². The summed E-state index contributed by atoms with van der Waals surface area (Å²) in [4.78, 5) is 28.7. The molecule has 0 saturated carbocycles. The molecule has 2 aliphatic rings. The fraction of sp³-hybridized carbons (Fsp3) is 0.296. The van der Waals surface area contributed by atoms with E-state index in [2.05, 4.69) is 15.6 Å². The Balaban J connectivity index is 1.53. The summed E-state index contributed by atoms with van der Waals surface area (Å²) in [6, 6.07) is 8.32. The van der Waals surface area contributed by atoms with Gasteiger partial charge in [-0.1, -0.05) is 0 Å². The number of rotatable bonds is 6. The quantitative estimate of drug-likeness (QED) is 0.328. The lowest BCUT2D eigenvalue weighted by Gasteiger charge is -2.31. The highest BCUT2D eigenvalue weighted by atomic mass is 19.4. The lowest BCUT2D eigenvalue weighted by molar-refractivity contribution is -0.265. The first kappa shape index (κ1) is 28.1. The Kier molecular flexibility index (Phi) is 6.78. The first-order chi connectivity index (χ1) is 19.2. The zero-order chi connectivity index (χ0) is 29.7. The van der Waals surface area contributed by atoms with Crippen LogP contribution in [0, 0.1) is 5.82 Å². The van der Waals surface area contributed by atoms with Gasteiger partial charge >= 0.3 is 12.3 Å². The van der Waals surface area contributed by atoms with Gasteiger partial charge in [-0.15, -0.1) is 0 Å². The van der Waals surface area contributed by atoms with Crippen LogP contribution in [-0.4, -0.2) is 48.5 Å². The van der Waals surface area contributed by atoms with Crippen molar-refractivity contribution in [1.82, 2.24) is 15.6 Å². The van der Waals surface area contributed by atoms with Gasteiger partial charge in [0.15, 0.2) is 17.2 Å². The first-order valence-corrected chi connectivity index (χ1v) is 12.2. The molecule has 2 amide bonds. The number of aliphatic hydroxyl groups is 1. The number of halogens is 4. The number of carbonyl (C=O) groups excluding carboxylic acids is 2. The van der Waals surface area contributed by atoms with E-state index in [9.17, 15) is 32.3 Å². The van der Waals surface area contributed by atoms with Crippen LogP contribution < -0.4 is 30.6 Å². The van der Waals surface area contributed by atoms with Gasteiger partial charge in [-0.25, -0.2) is 14.2 Å². The van der Waals surface area contributed by atoms with Crippen LogP contribution in [-0.2, 0) is 17.7 Å². The van der Waals surface area contributed by atoms with Crippen molar-refractivity contribution < 1.29 is 46.5 Å². The van der Waals surface area contributed by atoms with Gasteiger partial charge in [-0.3, -0.25) is 4.79 Å². The second-order valence-corrected chi connectivity index (χ2v) is 9.90. The summed E-state index contributed by atoms with van der Waals surface area (Å²) in [5.41, 5.74) is 1.08. The summed E-state index contributed by atoms with van der Waals surface area (Å²) in [6.07, 6.45) is -6.04. The smallest absolute Gasteiger partial charge is 0.424 e. The average Bonchev–Trinajstić information content (AvgIpc) is 3.24. The van der Waals surface area contributed by atoms with E-state index < -0.39 is 47.4 Å². The first-order valence-electron chi connectivity index (χ1n) is 12.2. The summed E-state index contributed by atoms with van der Waals surface area (Å²) < 4.78 is 73.0. The zero-order valence-electron chi connectivity index (χ0n) is 21.7. The molecule has 10 nitrogen and oxygen atoms in total. The highest BCUT2D eigenvalue weighted by Gasteiger charge is 2.57. The molecule has 2 aromatic carbocycles. The molecule has 0 saturated heterocycles. The number of nitrogens with one attached hydrogen (secondary N) is 2. The third-order valence-corrected chi connectivity index (χ3v) is 6.85. The predicted octanol–water partition coefficient (Wildman–Crippen LogP) is 3.24. The Bertz CT molecular complexity index is 1530. The summed E-state index contributed by atoms with van der Waals surface area (Å²) in [7, 11) is 1.27. The maximum Gasteiger partial charge on any atom is 0.424 e. The van der Waals surface area contributed by atoms with Crippen molar-refractivity contribution in [2.75, 3.05) is 20.3 Å². The van der Waals surface area contributed by atoms with Crippen molar-refractivity contribution in [3.05, 3.63) is 70.7 Å². The van der Waals surface area contributed by atoms with Crippen LogP contribution in [0.3, 0.4) is 0 Å². The van der Waals surface area contributed by atoms with Crippen LogP contribution in [0.5, 0.6) is 17.2 Å². The molecule has 5 rings (SSSR count). The molecule has 3 aromatic rings. The number of hydrogen-bond acceptors (Lipinski definition) is 8. The van der Waals surface area contributed by atoms with Gasteiger partial charge in [-0.05, 0) is 49.4 Å². The van der Waals surface area contributed by atoms with E-state index in [0.717, 1.165) is 18.2 Å². The number of fused-ring (bicyclic) bond motifs is 2. The monoisotopic (exact) mass is 576 g/mol. The van der Waals surface area contributed by atoms with Gasteiger partial charge in [0.2, 0.25) is 5.60 Å². The van der Waals surface area contributed by atoms with Crippen LogP contribution in [0.1, 0.15) is 34.1 Å². The topological polar surface area (TPSA) is 145 Å². The molecule has 2 atom stereocenters. The Morgan fingerprint density at radius 3 is 2.59 bits per heavy atom. The average molecular weight is 577 g/mol. The fourth-order valence-corrected chi connectivity index (χ4v) is 4.55. The van der Waals surface area contributed by atoms with Crippen LogP contribution in [0.4, 0.5) is 22.4 Å². The minimum absolute atomic E-state index is 0.0106. The van der Waals surface area contributed by atoms with E-state index in [4.69, 9.17) is 19.9 Å². The predicted molar refractivity (Wildman–Crippen MR) is 135 cm³/mol. The van der Waals surface area contributed by atoms with E-state index in [1.807, 2.05) is 0 Å². The third-order valence-electron chi connectivity index (χ3n) is 6.85. The third kappa shape index (κ3) is 5.00. The van der Waals surface area contributed by atoms with Crippen molar-refractivity contribution in [3.63, 3.8) is 0 Å². The van der Waals surface area contributed by atoms with Gasteiger partial charge < -0.3 is 35.7 Å². The number of benzene rings is 2. The standard InChI is InChI=1S/C27H24F4N4O6/c1-25(32)12-40-22-17(25)9-19(35-20(22)13-3-5-16(28)6-4-13)26(38,27(29,30)31)11-34-23(36)14-7-15-10-33-24(37)41-21(15)18(8-14)39-2/h3-9,38H,10-12,32H2,1-2H3,(H,33,37)(H,34,36). The van der Waals surface area contributed by atoms with Crippen molar-refractivity contribution in [2.24, 2.45) is 5.73 Å². The number of amides is 2. The van der Waals surface area contributed by atoms with E-state index in [-0.39, 0.29) is 52.8 Å². The number of nitrogens with zero attached hydrogens (tertiary/aromatic N) is 1. The number of carbonyl (C=O) groups is 2. The van der Waals surface area contributed by atoms with Gasteiger partial charge in [0.25, 0.3) is 5.91 Å². The maximum absolute atomic E-state index is 14.5. The molecule has 14 heteroatoms. The zero-order valence-corrected chi connectivity index (χ0v) is 21.7. The van der Waals surface area contributed by atoms with Crippen LogP contribution in [0.25, 0.3) is 11.3 Å². The molecule has 1 aromatic heterocycles. The Morgan fingerprint density at radius 1 is 1.22 bits per heavy atom. The van der Waals surface area contributed by atoms with E-state index in [1.54, 1.807) is 6.92 Å². The number of ether oxygens (including phenoxy) is 3. The Hall–Kier alpha value is -4.43. The van der Waals surface area contributed by atoms with Crippen molar-refractivity contribution in [2.45, 2.75) is 30.8 Å². The Morgan fingerprint density at radius 2 is 1.93 bits per heavy atom. The highest BCUT2D eigenvalue weighted by Crippen LogP contribution is 2.46. The summed E-state index contributed by atoms with van der Waals surface area (Å²) in [5, 5.41) is 15.7. The van der Waals surface area contributed by atoms with E-state index in [1.165, 1.54) is 31.4 Å². The molecule has 0 fully saturated rings. The summed E-state index contributed by atoms with van der Waals surface area (Å²) in [6.45, 7) is 0.135. The van der Waals surface area contributed by atoms with Gasteiger partial charge in [0.1, 0.15) is 18.1 Å². The summed E-state index contributed by atoms with van der Waals surface area (Å²) in [5.74, 6) is -1.36. The molecular weight excluding hydrogens is 552 g/mol. The molecule has 5 N–H and O–H groups in total. The molecular formula is C27H24F4N4O6. The van der Waals surface area contributed by atoms with Crippen LogP contribution in [0.2, 0.25) is 0 Å². The Labute approximate surface area is 230 Å². The molecule has 0 bridgehead atoms. The molecule has 41 heavy (non-hydrogen) atoms. The molecule has 0 spiro atoms. The highest BCUT2D eigenvalue weighted by molar-refractivity contribution is 5.95.